The average Bonchev–Trinajstić information content (AvgIpc) is 2.27. The summed E-state index contributed by atoms with van der Waals surface area (Å²) in [5.74, 6) is 0.183. The molecule has 0 amide bonds. The lowest BCUT2D eigenvalue weighted by atomic mass is 10.5. The molecule has 0 atom stereocenters. The Morgan fingerprint density at radius 2 is 2.06 bits per heavy atom. The number of halogens is 1. The maximum Gasteiger partial charge on any atom is 0.325 e. The Hall–Kier alpha value is -1.36. The predicted octanol–water partition coefficient (Wildman–Crippen LogP) is 1.52. The van der Waals surface area contributed by atoms with Crippen molar-refractivity contribution in [1.82, 2.24) is 9.97 Å². The molecule has 88 valence electrons. The van der Waals surface area contributed by atoms with Gasteiger partial charge < -0.3 is 9.64 Å². The van der Waals surface area contributed by atoms with Crippen LogP contribution in [-0.2, 0) is 9.53 Å². The van der Waals surface area contributed by atoms with Crippen molar-refractivity contribution in [1.29, 1.82) is 0 Å². The van der Waals surface area contributed by atoms with E-state index in [1.54, 1.807) is 11.8 Å². The number of nitrogens with zero attached hydrogens (tertiary/aromatic N) is 3. The van der Waals surface area contributed by atoms with Gasteiger partial charge in [-0.2, -0.15) is 0 Å². The predicted molar refractivity (Wildman–Crippen MR) is 61.6 cm³/mol. The minimum Gasteiger partial charge on any atom is -0.465 e. The highest BCUT2D eigenvalue weighted by Gasteiger charge is 2.12. The number of rotatable bonds is 5. The van der Waals surface area contributed by atoms with E-state index in [2.05, 4.69) is 9.97 Å². The van der Waals surface area contributed by atoms with E-state index in [4.69, 9.17) is 16.3 Å². The SMILES string of the molecule is CCOC(=O)CN(CC)c1ncc(Cl)cn1. The summed E-state index contributed by atoms with van der Waals surface area (Å²) in [6, 6.07) is 0. The Morgan fingerprint density at radius 3 is 2.56 bits per heavy atom. The standard InChI is InChI=1S/C10H14ClN3O2/c1-3-14(7-9(15)16-4-2)10-12-5-8(11)6-13-10/h5-6H,3-4,7H2,1-2H3. The molecule has 1 aromatic heterocycles. The van der Waals surface area contributed by atoms with Crippen LogP contribution >= 0.6 is 11.6 Å². The Morgan fingerprint density at radius 1 is 1.44 bits per heavy atom. The van der Waals surface area contributed by atoms with E-state index < -0.39 is 0 Å². The molecule has 1 rings (SSSR count). The zero-order valence-corrected chi connectivity index (χ0v) is 10.1. The van der Waals surface area contributed by atoms with Gasteiger partial charge in [-0.25, -0.2) is 9.97 Å². The fourth-order valence-corrected chi connectivity index (χ4v) is 1.25. The number of hydrogen-bond acceptors (Lipinski definition) is 5. The van der Waals surface area contributed by atoms with Gasteiger partial charge in [0.1, 0.15) is 6.54 Å². The Kier molecular flexibility index (Phi) is 4.98. The molecule has 1 aromatic rings. The molecule has 0 aliphatic carbocycles. The molecule has 5 nitrogen and oxygen atoms in total. The Labute approximate surface area is 99.4 Å². The van der Waals surface area contributed by atoms with E-state index >= 15 is 0 Å². The van der Waals surface area contributed by atoms with Gasteiger partial charge in [0.25, 0.3) is 0 Å². The summed E-state index contributed by atoms with van der Waals surface area (Å²) in [5, 5.41) is 0.468. The van der Waals surface area contributed by atoms with E-state index in [0.717, 1.165) is 0 Å². The maximum absolute atomic E-state index is 11.3. The number of carbonyl (C=O) groups excluding carboxylic acids is 1. The lowest BCUT2D eigenvalue weighted by Gasteiger charge is -2.19. The summed E-state index contributed by atoms with van der Waals surface area (Å²) in [4.78, 5) is 21.1. The van der Waals surface area contributed by atoms with Crippen LogP contribution in [0.4, 0.5) is 5.95 Å². The van der Waals surface area contributed by atoms with Crippen LogP contribution in [0.2, 0.25) is 5.02 Å². The number of aromatic nitrogens is 2. The van der Waals surface area contributed by atoms with E-state index in [0.29, 0.717) is 24.1 Å². The molecule has 16 heavy (non-hydrogen) atoms. The fraction of sp³-hybridized carbons (Fsp3) is 0.500. The third-order valence-corrected chi connectivity index (χ3v) is 2.09. The van der Waals surface area contributed by atoms with Crippen molar-refractivity contribution in [2.24, 2.45) is 0 Å². The minimum absolute atomic E-state index is 0.145. The van der Waals surface area contributed by atoms with Crippen molar-refractivity contribution in [3.05, 3.63) is 17.4 Å². The summed E-state index contributed by atoms with van der Waals surface area (Å²) in [5.41, 5.74) is 0. The highest BCUT2D eigenvalue weighted by molar-refractivity contribution is 6.30. The third kappa shape index (κ3) is 3.66. The summed E-state index contributed by atoms with van der Waals surface area (Å²) in [6.07, 6.45) is 3.00. The van der Waals surface area contributed by atoms with Crippen LogP contribution in [0.3, 0.4) is 0 Å². The first-order valence-electron chi connectivity index (χ1n) is 5.05. The summed E-state index contributed by atoms with van der Waals surface area (Å²) < 4.78 is 4.86. The molecule has 1 heterocycles. The highest BCUT2D eigenvalue weighted by atomic mass is 35.5. The Bertz CT molecular complexity index is 342. The molecule has 0 aromatic carbocycles. The molecular weight excluding hydrogens is 230 g/mol. The highest BCUT2D eigenvalue weighted by Crippen LogP contribution is 2.09. The lowest BCUT2D eigenvalue weighted by Crippen LogP contribution is -2.32. The molecule has 0 aliphatic rings. The third-order valence-electron chi connectivity index (χ3n) is 1.90. The van der Waals surface area contributed by atoms with Crippen molar-refractivity contribution in [3.63, 3.8) is 0 Å². The molecule has 0 N–H and O–H groups in total. The molecule has 6 heteroatoms. The fourth-order valence-electron chi connectivity index (χ4n) is 1.16. The van der Waals surface area contributed by atoms with E-state index in [-0.39, 0.29) is 12.5 Å². The van der Waals surface area contributed by atoms with E-state index in [9.17, 15) is 4.79 Å². The second-order valence-electron chi connectivity index (χ2n) is 3.02. The molecule has 0 saturated carbocycles. The average molecular weight is 244 g/mol. The largest absolute Gasteiger partial charge is 0.465 e. The summed E-state index contributed by atoms with van der Waals surface area (Å²) in [7, 11) is 0. The quantitative estimate of drug-likeness (QED) is 0.734. The first-order valence-corrected chi connectivity index (χ1v) is 5.43. The van der Waals surface area contributed by atoms with Crippen molar-refractivity contribution in [3.8, 4) is 0 Å². The molecule has 0 aliphatic heterocycles. The Balaban J connectivity index is 2.67. The first kappa shape index (κ1) is 12.7. The summed E-state index contributed by atoms with van der Waals surface area (Å²) >= 11 is 5.68. The molecule has 0 saturated heterocycles. The lowest BCUT2D eigenvalue weighted by molar-refractivity contribution is -0.141. The van der Waals surface area contributed by atoms with Crippen molar-refractivity contribution in [2.45, 2.75) is 13.8 Å². The van der Waals surface area contributed by atoms with E-state index in [1.165, 1.54) is 12.4 Å². The van der Waals surface area contributed by atoms with Crippen LogP contribution in [0.25, 0.3) is 0 Å². The zero-order valence-electron chi connectivity index (χ0n) is 9.31. The van der Waals surface area contributed by atoms with Crippen molar-refractivity contribution in [2.75, 3.05) is 24.6 Å². The smallest absolute Gasteiger partial charge is 0.325 e. The van der Waals surface area contributed by atoms with Gasteiger partial charge in [0, 0.05) is 6.54 Å². The van der Waals surface area contributed by atoms with Gasteiger partial charge in [-0.05, 0) is 13.8 Å². The number of likely N-dealkylation sites (N-methyl/N-ethyl adjacent to an activating group) is 1. The van der Waals surface area contributed by atoms with Crippen LogP contribution in [-0.4, -0.2) is 35.6 Å². The van der Waals surface area contributed by atoms with Crippen LogP contribution in [0.5, 0.6) is 0 Å². The van der Waals surface area contributed by atoms with Gasteiger partial charge >= 0.3 is 5.97 Å². The van der Waals surface area contributed by atoms with Gasteiger partial charge in [-0.1, -0.05) is 11.6 Å². The molecular formula is C10H14ClN3O2. The molecule has 0 fully saturated rings. The second-order valence-corrected chi connectivity index (χ2v) is 3.46. The van der Waals surface area contributed by atoms with Crippen LogP contribution in [0, 0.1) is 0 Å². The topological polar surface area (TPSA) is 55.3 Å². The van der Waals surface area contributed by atoms with Crippen LogP contribution in [0.1, 0.15) is 13.8 Å². The van der Waals surface area contributed by atoms with Gasteiger partial charge in [0.2, 0.25) is 5.95 Å². The van der Waals surface area contributed by atoms with E-state index in [1.807, 2.05) is 6.92 Å². The van der Waals surface area contributed by atoms with Crippen molar-refractivity contribution >= 4 is 23.5 Å². The number of hydrogen-bond donors (Lipinski definition) is 0. The number of anilines is 1. The maximum atomic E-state index is 11.3. The molecule has 0 radical (unpaired) electrons. The van der Waals surface area contributed by atoms with Gasteiger partial charge in [-0.15, -0.1) is 0 Å². The van der Waals surface area contributed by atoms with Crippen LogP contribution < -0.4 is 4.90 Å². The van der Waals surface area contributed by atoms with Crippen molar-refractivity contribution < 1.29 is 9.53 Å². The second kappa shape index (κ2) is 6.27. The number of esters is 1. The molecule has 0 unspecified atom stereocenters. The monoisotopic (exact) mass is 243 g/mol. The number of ether oxygens (including phenoxy) is 1. The van der Waals surface area contributed by atoms with Gasteiger partial charge in [-0.3, -0.25) is 4.79 Å². The van der Waals surface area contributed by atoms with Crippen LogP contribution in [0.15, 0.2) is 12.4 Å². The van der Waals surface area contributed by atoms with Gasteiger partial charge in [0.05, 0.1) is 24.0 Å². The summed E-state index contributed by atoms with van der Waals surface area (Å²) in [6.45, 7) is 4.83. The zero-order chi connectivity index (χ0) is 12.0. The molecule has 0 spiro atoms. The number of carbonyl (C=O) groups is 1. The minimum atomic E-state index is -0.289. The van der Waals surface area contributed by atoms with Gasteiger partial charge in [0.15, 0.2) is 0 Å². The molecule has 0 bridgehead atoms. The first-order chi connectivity index (χ1) is 7.67. The normalized spacial score (nSPS) is 9.94.